The lowest BCUT2D eigenvalue weighted by Gasteiger charge is -2.61. The van der Waals surface area contributed by atoms with E-state index in [0.29, 0.717) is 16.7 Å². The summed E-state index contributed by atoms with van der Waals surface area (Å²) in [6, 6.07) is 0. The molecule has 0 aromatic heterocycles. The van der Waals surface area contributed by atoms with Crippen LogP contribution in [-0.2, 0) is 9.47 Å². The molecule has 0 aromatic rings. The van der Waals surface area contributed by atoms with Gasteiger partial charge in [0.2, 0.25) is 0 Å². The van der Waals surface area contributed by atoms with Crippen molar-refractivity contribution in [2.75, 3.05) is 18.5 Å². The van der Waals surface area contributed by atoms with E-state index in [0.717, 1.165) is 55.1 Å². The molecule has 1 heterocycles. The predicted octanol–water partition coefficient (Wildman–Crippen LogP) is 5.14. The highest BCUT2D eigenvalue weighted by Crippen LogP contribution is 2.69. The molecule has 8 atom stereocenters. The number of ether oxygens (including phenoxy) is 2. The van der Waals surface area contributed by atoms with Gasteiger partial charge in [-0.1, -0.05) is 29.8 Å². The summed E-state index contributed by atoms with van der Waals surface area (Å²) < 4.78 is 12.5. The van der Waals surface area contributed by atoms with Crippen LogP contribution in [0.25, 0.3) is 0 Å². The molecule has 27 heavy (non-hydrogen) atoms. The Balaban J connectivity index is 1.42. The maximum absolute atomic E-state index is 10.2. The normalized spacial score (nSPS) is 54.2. The first-order valence-corrected chi connectivity index (χ1v) is 12.6. The Morgan fingerprint density at radius 3 is 2.33 bits per heavy atom. The molecule has 4 heteroatoms. The Kier molecular flexibility index (Phi) is 4.79. The fourth-order valence-electron chi connectivity index (χ4n) is 8.80. The Labute approximate surface area is 173 Å². The van der Waals surface area contributed by atoms with Crippen LogP contribution in [0, 0.1) is 40.4 Å². The molecule has 1 aliphatic heterocycles. The lowest BCUT2D eigenvalue weighted by Crippen LogP contribution is -2.56. The highest BCUT2D eigenvalue weighted by Gasteiger charge is 2.64. The number of aliphatic hydroxyl groups is 1. The first-order chi connectivity index (χ1) is 12.9. The van der Waals surface area contributed by atoms with Gasteiger partial charge in [0, 0.05) is 5.92 Å². The molecule has 1 saturated heterocycles. The Bertz CT molecular complexity index is 576. The summed E-state index contributed by atoms with van der Waals surface area (Å²) in [6.07, 6.45) is 11.3. The summed E-state index contributed by atoms with van der Waals surface area (Å²) >= 11 is 3.74. The molecule has 0 unspecified atom stereocenters. The third-order valence-electron chi connectivity index (χ3n) is 10.1. The average Bonchev–Trinajstić information content (AvgIpc) is 3.27. The van der Waals surface area contributed by atoms with Crippen molar-refractivity contribution in [1.82, 2.24) is 0 Å². The molecular formula is C23H37BrO3. The molecule has 4 aliphatic carbocycles. The summed E-state index contributed by atoms with van der Waals surface area (Å²) in [5, 5.41) is 11.0. The van der Waals surface area contributed by atoms with Crippen molar-refractivity contribution in [2.24, 2.45) is 40.4 Å². The zero-order valence-electron chi connectivity index (χ0n) is 17.1. The van der Waals surface area contributed by atoms with Gasteiger partial charge in [0.25, 0.3) is 0 Å². The van der Waals surface area contributed by atoms with Gasteiger partial charge in [-0.15, -0.1) is 0 Å². The van der Waals surface area contributed by atoms with Gasteiger partial charge in [-0.3, -0.25) is 0 Å². The predicted molar refractivity (Wildman–Crippen MR) is 110 cm³/mol. The van der Waals surface area contributed by atoms with Crippen molar-refractivity contribution in [3.8, 4) is 0 Å². The molecule has 4 saturated carbocycles. The minimum absolute atomic E-state index is 0.0419. The molecule has 154 valence electrons. The molecule has 0 aromatic carbocycles. The van der Waals surface area contributed by atoms with E-state index in [9.17, 15) is 5.11 Å². The van der Waals surface area contributed by atoms with Gasteiger partial charge in [-0.25, -0.2) is 0 Å². The third kappa shape index (κ3) is 2.68. The Morgan fingerprint density at radius 1 is 0.889 bits per heavy atom. The SMILES string of the molecule is C[C@]12CC[C@@H](O)C[C@H]1CC[C@@H]1[C@@H]2CC[C@]2(C)[C@@H](C3(CBr)OCCO3)CC[C@@H]12. The summed E-state index contributed by atoms with van der Waals surface area (Å²) in [6.45, 7) is 6.65. The van der Waals surface area contributed by atoms with E-state index < -0.39 is 0 Å². The van der Waals surface area contributed by atoms with Crippen LogP contribution in [0.5, 0.6) is 0 Å². The first-order valence-electron chi connectivity index (χ1n) is 11.4. The summed E-state index contributed by atoms with van der Waals surface area (Å²) in [5.74, 6) is 3.46. The highest BCUT2D eigenvalue weighted by atomic mass is 79.9. The fraction of sp³-hybridized carbons (Fsp3) is 1.00. The van der Waals surface area contributed by atoms with Crippen LogP contribution in [0.15, 0.2) is 0 Å². The van der Waals surface area contributed by atoms with Crippen LogP contribution in [0.3, 0.4) is 0 Å². The molecule has 5 aliphatic rings. The zero-order valence-corrected chi connectivity index (χ0v) is 18.7. The van der Waals surface area contributed by atoms with Gasteiger partial charge in [0.1, 0.15) is 0 Å². The van der Waals surface area contributed by atoms with Gasteiger partial charge >= 0.3 is 0 Å². The third-order valence-corrected chi connectivity index (χ3v) is 10.9. The quantitative estimate of drug-likeness (QED) is 0.603. The van der Waals surface area contributed by atoms with Crippen molar-refractivity contribution in [2.45, 2.75) is 83.5 Å². The van der Waals surface area contributed by atoms with E-state index in [-0.39, 0.29) is 11.9 Å². The van der Waals surface area contributed by atoms with E-state index in [1.165, 1.54) is 44.9 Å². The topological polar surface area (TPSA) is 38.7 Å². The maximum atomic E-state index is 10.2. The molecule has 3 nitrogen and oxygen atoms in total. The number of rotatable bonds is 2. The van der Waals surface area contributed by atoms with Crippen molar-refractivity contribution in [3.63, 3.8) is 0 Å². The monoisotopic (exact) mass is 440 g/mol. The number of halogens is 1. The number of hydrogen-bond acceptors (Lipinski definition) is 3. The van der Waals surface area contributed by atoms with E-state index in [1.807, 2.05) is 0 Å². The Morgan fingerprint density at radius 2 is 1.59 bits per heavy atom. The molecule has 5 rings (SSSR count). The standard InChI is InChI=1S/C23H37BrO3/c1-21-9-7-16(25)13-15(21)3-4-17-18-5-6-20(22(18,2)10-8-19(17)21)23(14-24)26-11-12-27-23/h15-20,25H,3-14H2,1-2H3/t15-,16-,17+,18+,19+,20+,21+,22+/m1/s1. The smallest absolute Gasteiger partial charge is 0.181 e. The number of hydrogen-bond donors (Lipinski definition) is 1. The average molecular weight is 441 g/mol. The summed E-state index contributed by atoms with van der Waals surface area (Å²) in [4.78, 5) is 0. The van der Waals surface area contributed by atoms with Crippen molar-refractivity contribution in [1.29, 1.82) is 0 Å². The molecule has 0 bridgehead atoms. The van der Waals surface area contributed by atoms with E-state index in [2.05, 4.69) is 29.8 Å². The van der Waals surface area contributed by atoms with Crippen LogP contribution in [0.1, 0.15) is 71.6 Å². The van der Waals surface area contributed by atoms with Crippen LogP contribution in [0.2, 0.25) is 0 Å². The Hall–Kier alpha value is 0.360. The van der Waals surface area contributed by atoms with Crippen LogP contribution in [0.4, 0.5) is 0 Å². The van der Waals surface area contributed by atoms with Crippen LogP contribution in [-0.4, -0.2) is 35.5 Å². The highest BCUT2D eigenvalue weighted by molar-refractivity contribution is 9.09. The maximum Gasteiger partial charge on any atom is 0.181 e. The number of alkyl halides is 1. The minimum atomic E-state index is -0.383. The zero-order chi connectivity index (χ0) is 18.9. The number of fused-ring (bicyclic) bond motifs is 5. The second kappa shape index (κ2) is 6.68. The summed E-state index contributed by atoms with van der Waals surface area (Å²) in [5.41, 5.74) is 0.825. The molecule has 1 N–H and O–H groups in total. The number of aliphatic hydroxyl groups excluding tert-OH is 1. The molecule has 5 fully saturated rings. The van der Waals surface area contributed by atoms with Gasteiger partial charge in [0.05, 0.1) is 24.6 Å². The fourth-order valence-corrected chi connectivity index (χ4v) is 9.51. The lowest BCUT2D eigenvalue weighted by atomic mass is 9.44. The van der Waals surface area contributed by atoms with E-state index >= 15 is 0 Å². The van der Waals surface area contributed by atoms with E-state index in [4.69, 9.17) is 9.47 Å². The van der Waals surface area contributed by atoms with Gasteiger partial charge in [-0.2, -0.15) is 0 Å². The molecule has 0 spiro atoms. The summed E-state index contributed by atoms with van der Waals surface area (Å²) in [7, 11) is 0. The van der Waals surface area contributed by atoms with Crippen LogP contribution >= 0.6 is 15.9 Å². The van der Waals surface area contributed by atoms with Crippen LogP contribution < -0.4 is 0 Å². The minimum Gasteiger partial charge on any atom is -0.393 e. The molecule has 0 amide bonds. The second-order valence-electron chi connectivity index (χ2n) is 10.9. The largest absolute Gasteiger partial charge is 0.393 e. The van der Waals surface area contributed by atoms with Crippen molar-refractivity contribution >= 4 is 15.9 Å². The van der Waals surface area contributed by atoms with Crippen molar-refractivity contribution < 1.29 is 14.6 Å². The second-order valence-corrected chi connectivity index (χ2v) is 11.5. The van der Waals surface area contributed by atoms with Crippen molar-refractivity contribution in [3.05, 3.63) is 0 Å². The molecule has 0 radical (unpaired) electrons. The van der Waals surface area contributed by atoms with Gasteiger partial charge in [-0.05, 0) is 92.3 Å². The lowest BCUT2D eigenvalue weighted by molar-refractivity contribution is -0.214. The first kappa shape index (κ1) is 19.3. The van der Waals surface area contributed by atoms with Gasteiger partial charge < -0.3 is 14.6 Å². The molecular weight excluding hydrogens is 404 g/mol. The van der Waals surface area contributed by atoms with Gasteiger partial charge in [0.15, 0.2) is 5.79 Å². The van der Waals surface area contributed by atoms with E-state index in [1.54, 1.807) is 0 Å².